The molecule has 1 N–H and O–H groups in total. The molecule has 120 valence electrons. The number of ether oxygens (including phenoxy) is 2. The summed E-state index contributed by atoms with van der Waals surface area (Å²) in [6.07, 6.45) is 4.83. The third-order valence-corrected chi connectivity index (χ3v) is 4.22. The Hall–Kier alpha value is -1.53. The van der Waals surface area contributed by atoms with Crippen LogP contribution in [-0.4, -0.2) is 30.9 Å². The monoisotopic (exact) mass is 311 g/mol. The van der Waals surface area contributed by atoms with Gasteiger partial charge in [-0.2, -0.15) is 0 Å². The summed E-state index contributed by atoms with van der Waals surface area (Å²) < 4.78 is 38.4. The first-order chi connectivity index (χ1) is 10.6. The van der Waals surface area contributed by atoms with Gasteiger partial charge in [-0.05, 0) is 25.0 Å². The molecular weight excluding hydrogens is 292 g/mol. The van der Waals surface area contributed by atoms with E-state index in [1.807, 2.05) is 0 Å². The molecule has 0 radical (unpaired) electrons. The Balaban J connectivity index is 1.55. The number of halogens is 2. The lowest BCUT2D eigenvalue weighted by Gasteiger charge is -2.31. The van der Waals surface area contributed by atoms with Crippen LogP contribution in [0.25, 0.3) is 0 Å². The summed E-state index contributed by atoms with van der Waals surface area (Å²) in [5.74, 6) is -3.32. The second kappa shape index (κ2) is 6.30. The normalized spacial score (nSPS) is 23.6. The Bertz CT molecular complexity index is 558. The number of hydrogen-bond acceptors (Lipinski definition) is 3. The Kier molecular flexibility index (Phi) is 4.40. The molecule has 22 heavy (non-hydrogen) atoms. The average molecular weight is 311 g/mol. The SMILES string of the molecule is O=C(NC[C@H]1COC2(CCCCC2)O1)c1cccc(F)c1F. The fourth-order valence-corrected chi connectivity index (χ4v) is 3.05. The molecule has 1 aliphatic carbocycles. The first kappa shape index (κ1) is 15.4. The lowest BCUT2D eigenvalue weighted by Crippen LogP contribution is -2.37. The second-order valence-electron chi connectivity index (χ2n) is 5.83. The molecule has 1 aromatic rings. The first-order valence-corrected chi connectivity index (χ1v) is 7.64. The molecule has 4 nitrogen and oxygen atoms in total. The van der Waals surface area contributed by atoms with Crippen molar-refractivity contribution in [3.63, 3.8) is 0 Å². The van der Waals surface area contributed by atoms with Crippen molar-refractivity contribution in [2.45, 2.75) is 44.0 Å². The zero-order chi connectivity index (χ0) is 15.6. The summed E-state index contributed by atoms with van der Waals surface area (Å²) in [6, 6.07) is 3.54. The van der Waals surface area contributed by atoms with Crippen LogP contribution < -0.4 is 5.32 Å². The van der Waals surface area contributed by atoms with Crippen molar-refractivity contribution < 1.29 is 23.0 Å². The summed E-state index contributed by atoms with van der Waals surface area (Å²) in [4.78, 5) is 11.9. The van der Waals surface area contributed by atoms with Crippen molar-refractivity contribution in [3.8, 4) is 0 Å². The molecule has 1 spiro atoms. The molecule has 1 amide bonds. The predicted octanol–water partition coefficient (Wildman–Crippen LogP) is 2.77. The van der Waals surface area contributed by atoms with E-state index >= 15 is 0 Å². The number of amides is 1. The summed E-state index contributed by atoms with van der Waals surface area (Å²) in [7, 11) is 0. The largest absolute Gasteiger partial charge is 0.349 e. The molecule has 3 rings (SSSR count). The minimum absolute atomic E-state index is 0.219. The second-order valence-corrected chi connectivity index (χ2v) is 5.83. The molecule has 2 aliphatic rings. The summed E-state index contributed by atoms with van der Waals surface area (Å²) >= 11 is 0. The molecule has 1 atom stereocenters. The van der Waals surface area contributed by atoms with E-state index in [4.69, 9.17) is 9.47 Å². The smallest absolute Gasteiger partial charge is 0.254 e. The molecule has 0 bridgehead atoms. The molecule has 2 fully saturated rings. The number of nitrogens with one attached hydrogen (secondary N) is 1. The Morgan fingerprint density at radius 2 is 2.05 bits per heavy atom. The summed E-state index contributed by atoms with van der Waals surface area (Å²) in [6.45, 7) is 0.627. The van der Waals surface area contributed by atoms with Gasteiger partial charge in [0.05, 0.1) is 12.2 Å². The maximum Gasteiger partial charge on any atom is 0.254 e. The van der Waals surface area contributed by atoms with Crippen molar-refractivity contribution in [1.29, 1.82) is 0 Å². The van der Waals surface area contributed by atoms with Gasteiger partial charge >= 0.3 is 0 Å². The number of hydrogen-bond donors (Lipinski definition) is 1. The highest BCUT2D eigenvalue weighted by Crippen LogP contribution is 2.37. The van der Waals surface area contributed by atoms with Crippen LogP contribution in [0.2, 0.25) is 0 Å². The maximum absolute atomic E-state index is 13.5. The first-order valence-electron chi connectivity index (χ1n) is 7.64. The van der Waals surface area contributed by atoms with E-state index in [0.29, 0.717) is 6.61 Å². The fraction of sp³-hybridized carbons (Fsp3) is 0.562. The Morgan fingerprint density at radius 3 is 2.82 bits per heavy atom. The quantitative estimate of drug-likeness (QED) is 0.934. The van der Waals surface area contributed by atoms with Crippen molar-refractivity contribution in [2.24, 2.45) is 0 Å². The topological polar surface area (TPSA) is 47.6 Å². The average Bonchev–Trinajstić information content (AvgIpc) is 2.91. The highest BCUT2D eigenvalue weighted by Gasteiger charge is 2.42. The van der Waals surface area contributed by atoms with Crippen LogP contribution >= 0.6 is 0 Å². The predicted molar refractivity (Wildman–Crippen MR) is 75.3 cm³/mol. The van der Waals surface area contributed by atoms with E-state index in [1.165, 1.54) is 18.6 Å². The third kappa shape index (κ3) is 3.13. The number of rotatable bonds is 3. The van der Waals surface area contributed by atoms with Crippen LogP contribution in [0.3, 0.4) is 0 Å². The number of carbonyl (C=O) groups is 1. The van der Waals surface area contributed by atoms with Gasteiger partial charge in [0.15, 0.2) is 17.4 Å². The summed E-state index contributed by atoms with van der Waals surface area (Å²) in [5.41, 5.74) is -0.300. The highest BCUT2D eigenvalue weighted by atomic mass is 19.2. The molecule has 6 heteroatoms. The van der Waals surface area contributed by atoms with E-state index < -0.39 is 23.3 Å². The molecule has 0 unspecified atom stereocenters. The molecule has 1 saturated heterocycles. The van der Waals surface area contributed by atoms with Crippen molar-refractivity contribution >= 4 is 5.91 Å². The van der Waals surface area contributed by atoms with Gasteiger partial charge in [0, 0.05) is 19.4 Å². The van der Waals surface area contributed by atoms with Gasteiger partial charge in [-0.15, -0.1) is 0 Å². The van der Waals surface area contributed by atoms with Crippen LogP contribution in [0.15, 0.2) is 18.2 Å². The van der Waals surface area contributed by atoms with Gasteiger partial charge in [-0.1, -0.05) is 12.5 Å². The van der Waals surface area contributed by atoms with E-state index in [1.54, 1.807) is 0 Å². The molecule has 1 aliphatic heterocycles. The van der Waals surface area contributed by atoms with Gasteiger partial charge in [0.1, 0.15) is 6.10 Å². The van der Waals surface area contributed by atoms with Gasteiger partial charge < -0.3 is 14.8 Å². The van der Waals surface area contributed by atoms with E-state index in [0.717, 1.165) is 31.7 Å². The highest BCUT2D eigenvalue weighted by molar-refractivity contribution is 5.94. The van der Waals surface area contributed by atoms with E-state index in [2.05, 4.69) is 5.32 Å². The van der Waals surface area contributed by atoms with Crippen LogP contribution in [0, 0.1) is 11.6 Å². The minimum atomic E-state index is -1.13. The van der Waals surface area contributed by atoms with Crippen LogP contribution in [-0.2, 0) is 9.47 Å². The van der Waals surface area contributed by atoms with Gasteiger partial charge in [-0.25, -0.2) is 8.78 Å². The van der Waals surface area contributed by atoms with E-state index in [-0.39, 0.29) is 18.2 Å². The number of benzene rings is 1. The van der Waals surface area contributed by atoms with Crippen LogP contribution in [0.5, 0.6) is 0 Å². The zero-order valence-electron chi connectivity index (χ0n) is 12.2. The molecular formula is C16H19F2NO3. The Labute approximate surface area is 127 Å². The van der Waals surface area contributed by atoms with E-state index in [9.17, 15) is 13.6 Å². The van der Waals surface area contributed by atoms with Crippen LogP contribution in [0.4, 0.5) is 8.78 Å². The third-order valence-electron chi connectivity index (χ3n) is 4.22. The molecule has 1 heterocycles. The molecule has 1 saturated carbocycles. The lowest BCUT2D eigenvalue weighted by atomic mass is 9.94. The van der Waals surface area contributed by atoms with Crippen molar-refractivity contribution in [3.05, 3.63) is 35.4 Å². The molecule has 1 aromatic carbocycles. The summed E-state index contributed by atoms with van der Waals surface area (Å²) in [5, 5.41) is 2.58. The maximum atomic E-state index is 13.5. The minimum Gasteiger partial charge on any atom is -0.349 e. The van der Waals surface area contributed by atoms with Gasteiger partial charge in [-0.3, -0.25) is 4.79 Å². The Morgan fingerprint density at radius 1 is 1.27 bits per heavy atom. The van der Waals surface area contributed by atoms with Gasteiger partial charge in [0.25, 0.3) is 5.91 Å². The fourth-order valence-electron chi connectivity index (χ4n) is 3.05. The van der Waals surface area contributed by atoms with Crippen molar-refractivity contribution in [1.82, 2.24) is 5.32 Å². The molecule has 0 aromatic heterocycles. The zero-order valence-corrected chi connectivity index (χ0v) is 12.2. The lowest BCUT2D eigenvalue weighted by molar-refractivity contribution is -0.186. The van der Waals surface area contributed by atoms with Crippen LogP contribution in [0.1, 0.15) is 42.5 Å². The number of carbonyl (C=O) groups excluding carboxylic acids is 1. The van der Waals surface area contributed by atoms with Crippen molar-refractivity contribution in [2.75, 3.05) is 13.2 Å². The standard InChI is InChI=1S/C16H19F2NO3/c17-13-6-4-5-12(14(13)18)15(20)19-9-11-10-21-16(22-11)7-2-1-3-8-16/h4-6,11H,1-3,7-10H2,(H,19,20)/t11-/m0/s1. The van der Waals surface area contributed by atoms with Gasteiger partial charge in [0.2, 0.25) is 0 Å².